The molecular formula is C20H16ClNO5. The molecule has 0 aliphatic carbocycles. The number of benzene rings is 2. The number of methoxy groups -OCH3 is 1. The lowest BCUT2D eigenvalue weighted by molar-refractivity contribution is -0.132. The second-order valence-electron chi connectivity index (χ2n) is 5.83. The smallest absolute Gasteiger partial charge is 0.363 e. The zero-order valence-electron chi connectivity index (χ0n) is 14.9. The first-order valence-electron chi connectivity index (χ1n) is 8.03. The van der Waals surface area contributed by atoms with Gasteiger partial charge in [0.25, 0.3) is 0 Å². The number of cyclic esters (lactones) is 1. The van der Waals surface area contributed by atoms with Crippen molar-refractivity contribution in [2.45, 2.75) is 13.8 Å². The van der Waals surface area contributed by atoms with Crippen molar-refractivity contribution in [2.75, 3.05) is 7.11 Å². The van der Waals surface area contributed by atoms with E-state index in [0.29, 0.717) is 11.1 Å². The van der Waals surface area contributed by atoms with Crippen molar-refractivity contribution < 1.29 is 23.8 Å². The molecular weight excluding hydrogens is 370 g/mol. The minimum Gasteiger partial charge on any atom is -0.493 e. The Morgan fingerprint density at radius 3 is 2.70 bits per heavy atom. The van der Waals surface area contributed by atoms with Crippen molar-refractivity contribution in [3.8, 4) is 11.5 Å². The second-order valence-corrected chi connectivity index (χ2v) is 6.24. The molecule has 6 nitrogen and oxygen atoms in total. The molecule has 0 atom stereocenters. The van der Waals surface area contributed by atoms with Gasteiger partial charge in [-0.1, -0.05) is 29.3 Å². The standard InChI is InChI=1S/C20H16ClNO5/c1-11-5-4-6-14(7-11)19-22-16(20(24)27-19)9-13-8-15(21)18(26-12(2)23)17(10-13)25-3/h4-10H,1-3H3/b16-9-. The van der Waals surface area contributed by atoms with Crippen LogP contribution in [0.15, 0.2) is 47.1 Å². The first kappa shape index (κ1) is 18.7. The van der Waals surface area contributed by atoms with Crippen LogP contribution in [0.1, 0.15) is 23.6 Å². The molecule has 27 heavy (non-hydrogen) atoms. The van der Waals surface area contributed by atoms with Gasteiger partial charge in [-0.15, -0.1) is 0 Å². The molecule has 0 aromatic heterocycles. The SMILES string of the molecule is COc1cc(/C=C2\N=C(c3cccc(C)c3)OC2=O)cc(Cl)c1OC(C)=O. The second kappa shape index (κ2) is 7.63. The van der Waals surface area contributed by atoms with Crippen LogP contribution in [0.2, 0.25) is 5.02 Å². The number of hydrogen-bond acceptors (Lipinski definition) is 6. The van der Waals surface area contributed by atoms with E-state index in [1.54, 1.807) is 12.1 Å². The number of carbonyl (C=O) groups excluding carboxylic acids is 2. The molecule has 138 valence electrons. The lowest BCUT2D eigenvalue weighted by Gasteiger charge is -2.10. The molecule has 0 amide bonds. The summed E-state index contributed by atoms with van der Waals surface area (Å²) in [7, 11) is 1.42. The number of carbonyl (C=O) groups is 2. The van der Waals surface area contributed by atoms with E-state index in [0.717, 1.165) is 5.56 Å². The largest absolute Gasteiger partial charge is 0.493 e. The highest BCUT2D eigenvalue weighted by Gasteiger charge is 2.24. The van der Waals surface area contributed by atoms with Gasteiger partial charge in [-0.3, -0.25) is 4.79 Å². The third-order valence-electron chi connectivity index (χ3n) is 3.69. The number of hydrogen-bond donors (Lipinski definition) is 0. The molecule has 7 heteroatoms. The van der Waals surface area contributed by atoms with Gasteiger partial charge in [0.15, 0.2) is 17.2 Å². The molecule has 1 heterocycles. The molecule has 0 fully saturated rings. The first-order chi connectivity index (χ1) is 12.9. The molecule has 0 N–H and O–H groups in total. The summed E-state index contributed by atoms with van der Waals surface area (Å²) in [5.74, 6) is -0.464. The summed E-state index contributed by atoms with van der Waals surface area (Å²) >= 11 is 6.18. The maximum atomic E-state index is 12.2. The van der Waals surface area contributed by atoms with Gasteiger partial charge in [-0.05, 0) is 42.8 Å². The molecule has 0 saturated carbocycles. The van der Waals surface area contributed by atoms with Gasteiger partial charge >= 0.3 is 11.9 Å². The summed E-state index contributed by atoms with van der Waals surface area (Å²) in [5, 5.41) is 0.172. The third kappa shape index (κ3) is 4.17. The number of aliphatic imine (C=N–C) groups is 1. The fraction of sp³-hybridized carbons (Fsp3) is 0.150. The van der Waals surface area contributed by atoms with E-state index in [4.69, 9.17) is 25.8 Å². The van der Waals surface area contributed by atoms with Crippen molar-refractivity contribution in [3.63, 3.8) is 0 Å². The summed E-state index contributed by atoms with van der Waals surface area (Å²) in [4.78, 5) is 27.6. The number of ether oxygens (including phenoxy) is 3. The van der Waals surface area contributed by atoms with Crippen LogP contribution in [0.5, 0.6) is 11.5 Å². The van der Waals surface area contributed by atoms with E-state index in [1.165, 1.54) is 20.1 Å². The monoisotopic (exact) mass is 385 g/mol. The minimum absolute atomic E-state index is 0.117. The Morgan fingerprint density at radius 1 is 1.26 bits per heavy atom. The van der Waals surface area contributed by atoms with Crippen molar-refractivity contribution in [3.05, 3.63) is 63.8 Å². The normalized spacial score (nSPS) is 14.7. The Hall–Kier alpha value is -3.12. The Kier molecular flexibility index (Phi) is 5.28. The van der Waals surface area contributed by atoms with Crippen LogP contribution >= 0.6 is 11.6 Å². The van der Waals surface area contributed by atoms with Crippen LogP contribution in [0, 0.1) is 6.92 Å². The number of esters is 2. The average molecular weight is 386 g/mol. The summed E-state index contributed by atoms with van der Waals surface area (Å²) in [6.45, 7) is 3.21. The summed E-state index contributed by atoms with van der Waals surface area (Å²) in [5.41, 5.74) is 2.42. The Labute approximate surface area is 161 Å². The molecule has 0 radical (unpaired) electrons. The molecule has 1 aliphatic rings. The van der Waals surface area contributed by atoms with E-state index in [9.17, 15) is 9.59 Å². The van der Waals surface area contributed by atoms with Gasteiger partial charge in [-0.2, -0.15) is 0 Å². The highest BCUT2D eigenvalue weighted by Crippen LogP contribution is 2.37. The van der Waals surface area contributed by atoms with Crippen LogP contribution < -0.4 is 9.47 Å². The zero-order valence-corrected chi connectivity index (χ0v) is 15.7. The van der Waals surface area contributed by atoms with Crippen LogP contribution in [-0.2, 0) is 14.3 Å². The number of nitrogens with zero attached hydrogens (tertiary/aromatic N) is 1. The lowest BCUT2D eigenvalue weighted by atomic mass is 10.1. The first-order valence-corrected chi connectivity index (χ1v) is 8.40. The fourth-order valence-corrected chi connectivity index (χ4v) is 2.79. The van der Waals surface area contributed by atoms with Gasteiger partial charge in [-0.25, -0.2) is 9.79 Å². The van der Waals surface area contributed by atoms with Gasteiger partial charge in [0.1, 0.15) is 0 Å². The molecule has 1 aliphatic heterocycles. The van der Waals surface area contributed by atoms with Gasteiger partial charge in [0.05, 0.1) is 12.1 Å². The van der Waals surface area contributed by atoms with Gasteiger partial charge < -0.3 is 14.2 Å². The van der Waals surface area contributed by atoms with E-state index in [1.807, 2.05) is 31.2 Å². The van der Waals surface area contributed by atoms with Crippen molar-refractivity contribution in [1.29, 1.82) is 0 Å². The summed E-state index contributed by atoms with van der Waals surface area (Å²) in [6.07, 6.45) is 1.52. The number of rotatable bonds is 4. The number of halogens is 1. The van der Waals surface area contributed by atoms with Gasteiger partial charge in [0.2, 0.25) is 5.90 Å². The number of aryl methyl sites for hydroxylation is 1. The lowest BCUT2D eigenvalue weighted by Crippen LogP contribution is -2.05. The minimum atomic E-state index is -0.564. The summed E-state index contributed by atoms with van der Waals surface area (Å²) < 4.78 is 15.5. The quantitative estimate of drug-likeness (QED) is 0.453. The molecule has 0 spiro atoms. The van der Waals surface area contributed by atoms with E-state index < -0.39 is 11.9 Å². The zero-order chi connectivity index (χ0) is 19.6. The highest BCUT2D eigenvalue weighted by atomic mass is 35.5. The van der Waals surface area contributed by atoms with E-state index in [2.05, 4.69) is 4.99 Å². The predicted molar refractivity (Wildman–Crippen MR) is 101 cm³/mol. The highest BCUT2D eigenvalue weighted by molar-refractivity contribution is 6.32. The average Bonchev–Trinajstić information content (AvgIpc) is 2.97. The van der Waals surface area contributed by atoms with E-state index >= 15 is 0 Å². The van der Waals surface area contributed by atoms with Crippen LogP contribution in [0.3, 0.4) is 0 Å². The molecule has 0 unspecified atom stereocenters. The van der Waals surface area contributed by atoms with Crippen LogP contribution in [-0.4, -0.2) is 24.9 Å². The Morgan fingerprint density at radius 2 is 2.04 bits per heavy atom. The predicted octanol–water partition coefficient (Wildman–Crippen LogP) is 3.93. The molecule has 2 aromatic carbocycles. The van der Waals surface area contributed by atoms with Crippen molar-refractivity contribution in [1.82, 2.24) is 0 Å². The summed E-state index contributed by atoms with van der Waals surface area (Å²) in [6, 6.07) is 10.6. The maximum Gasteiger partial charge on any atom is 0.363 e. The maximum absolute atomic E-state index is 12.2. The van der Waals surface area contributed by atoms with Crippen LogP contribution in [0.25, 0.3) is 6.08 Å². The van der Waals surface area contributed by atoms with Crippen LogP contribution in [0.4, 0.5) is 0 Å². The van der Waals surface area contributed by atoms with Crippen molar-refractivity contribution in [2.24, 2.45) is 4.99 Å². The van der Waals surface area contributed by atoms with E-state index in [-0.39, 0.29) is 28.1 Å². The van der Waals surface area contributed by atoms with Gasteiger partial charge in [0, 0.05) is 12.5 Å². The molecule has 0 bridgehead atoms. The fourth-order valence-electron chi connectivity index (χ4n) is 2.53. The Bertz CT molecular complexity index is 994. The molecule has 2 aromatic rings. The molecule has 3 rings (SSSR count). The Balaban J connectivity index is 1.97. The topological polar surface area (TPSA) is 74.2 Å². The van der Waals surface area contributed by atoms with Crippen molar-refractivity contribution >= 4 is 35.5 Å². The third-order valence-corrected chi connectivity index (χ3v) is 3.97. The molecule has 0 saturated heterocycles.